The third-order valence-electron chi connectivity index (χ3n) is 6.44. The van der Waals surface area contributed by atoms with E-state index >= 15 is 0 Å². The van der Waals surface area contributed by atoms with Gasteiger partial charge in [-0.1, -0.05) is 62.4 Å². The standard InChI is InChI=1S/C30H28N4O/c1-19(2)22-13-15-23(16-14-22)34-21(4)26(18-31-34)29-17-25(24-10-6-8-12-28(24)32-29)30(35)33-27-11-7-5-9-20(27)3/h5-19H,1-4H3,(H,33,35). The van der Waals surface area contributed by atoms with E-state index in [1.807, 2.05) is 79.3 Å². The van der Waals surface area contributed by atoms with Gasteiger partial charge in [-0.15, -0.1) is 0 Å². The first kappa shape index (κ1) is 22.5. The van der Waals surface area contributed by atoms with E-state index in [0.717, 1.165) is 44.8 Å². The molecule has 2 heterocycles. The summed E-state index contributed by atoms with van der Waals surface area (Å²) >= 11 is 0. The van der Waals surface area contributed by atoms with Gasteiger partial charge >= 0.3 is 0 Å². The minimum atomic E-state index is -0.159. The lowest BCUT2D eigenvalue weighted by atomic mass is 10.0. The van der Waals surface area contributed by atoms with Crippen molar-refractivity contribution < 1.29 is 4.79 Å². The highest BCUT2D eigenvalue weighted by Crippen LogP contribution is 2.29. The molecule has 5 aromatic rings. The molecule has 0 saturated heterocycles. The predicted molar refractivity (Wildman–Crippen MR) is 142 cm³/mol. The van der Waals surface area contributed by atoms with Crippen molar-refractivity contribution in [3.05, 3.63) is 107 Å². The minimum absolute atomic E-state index is 0.159. The maximum absolute atomic E-state index is 13.4. The first-order valence-corrected chi connectivity index (χ1v) is 11.8. The number of hydrogen-bond donors (Lipinski definition) is 1. The number of pyridine rings is 1. The quantitative estimate of drug-likeness (QED) is 0.305. The van der Waals surface area contributed by atoms with Crippen LogP contribution in [0, 0.1) is 13.8 Å². The van der Waals surface area contributed by atoms with Crippen molar-refractivity contribution >= 4 is 22.5 Å². The van der Waals surface area contributed by atoms with E-state index in [0.29, 0.717) is 11.5 Å². The molecule has 2 aromatic heterocycles. The lowest BCUT2D eigenvalue weighted by Gasteiger charge is -2.12. The number of carbonyl (C=O) groups excluding carboxylic acids is 1. The Labute approximate surface area is 205 Å². The first-order chi connectivity index (χ1) is 16.9. The Morgan fingerprint density at radius 2 is 1.63 bits per heavy atom. The summed E-state index contributed by atoms with van der Waals surface area (Å²) in [5.74, 6) is 0.317. The van der Waals surface area contributed by atoms with Gasteiger partial charge in [-0.05, 0) is 61.2 Å². The molecule has 0 bridgehead atoms. The molecule has 0 unspecified atom stereocenters. The van der Waals surface area contributed by atoms with Crippen molar-refractivity contribution in [3.63, 3.8) is 0 Å². The molecule has 0 spiro atoms. The molecule has 5 nitrogen and oxygen atoms in total. The van der Waals surface area contributed by atoms with Gasteiger partial charge in [0, 0.05) is 16.6 Å². The summed E-state index contributed by atoms with van der Waals surface area (Å²) < 4.78 is 1.92. The van der Waals surface area contributed by atoms with Gasteiger partial charge in [0.25, 0.3) is 5.91 Å². The SMILES string of the molecule is Cc1ccccc1NC(=O)c1cc(-c2cnn(-c3ccc(C(C)C)cc3)c2C)nc2ccccc12. The highest BCUT2D eigenvalue weighted by Gasteiger charge is 2.18. The second-order valence-electron chi connectivity index (χ2n) is 9.14. The first-order valence-electron chi connectivity index (χ1n) is 11.8. The molecule has 5 rings (SSSR count). The van der Waals surface area contributed by atoms with Crippen LogP contribution in [0.5, 0.6) is 0 Å². The second kappa shape index (κ2) is 9.18. The van der Waals surface area contributed by atoms with Gasteiger partial charge < -0.3 is 5.32 Å². The van der Waals surface area contributed by atoms with Gasteiger partial charge in [-0.3, -0.25) is 4.79 Å². The Morgan fingerprint density at radius 3 is 2.37 bits per heavy atom. The molecule has 0 radical (unpaired) electrons. The van der Waals surface area contributed by atoms with Crippen LogP contribution in [0.15, 0.2) is 85.1 Å². The zero-order valence-corrected chi connectivity index (χ0v) is 20.4. The number of hydrogen-bond acceptors (Lipinski definition) is 3. The number of amides is 1. The summed E-state index contributed by atoms with van der Waals surface area (Å²) in [4.78, 5) is 18.3. The van der Waals surface area contributed by atoms with Crippen molar-refractivity contribution in [1.29, 1.82) is 0 Å². The van der Waals surface area contributed by atoms with Crippen molar-refractivity contribution in [2.24, 2.45) is 0 Å². The zero-order valence-electron chi connectivity index (χ0n) is 20.4. The monoisotopic (exact) mass is 460 g/mol. The number of aromatic nitrogens is 3. The van der Waals surface area contributed by atoms with E-state index in [-0.39, 0.29) is 5.91 Å². The van der Waals surface area contributed by atoms with Crippen molar-refractivity contribution in [2.75, 3.05) is 5.32 Å². The van der Waals surface area contributed by atoms with E-state index in [9.17, 15) is 4.79 Å². The summed E-state index contributed by atoms with van der Waals surface area (Å²) in [6.07, 6.45) is 1.83. The van der Waals surface area contributed by atoms with Crippen molar-refractivity contribution in [2.45, 2.75) is 33.6 Å². The summed E-state index contributed by atoms with van der Waals surface area (Å²) in [5, 5.41) is 8.53. The number of nitrogens with one attached hydrogen (secondary N) is 1. The summed E-state index contributed by atoms with van der Waals surface area (Å²) in [5.41, 5.74) is 8.05. The average Bonchev–Trinajstić information content (AvgIpc) is 3.26. The van der Waals surface area contributed by atoms with Gasteiger partial charge in [0.05, 0.1) is 34.4 Å². The molecule has 0 atom stereocenters. The fourth-order valence-electron chi connectivity index (χ4n) is 4.33. The molecule has 0 fully saturated rings. The Kier molecular flexibility index (Phi) is 5.91. The number of anilines is 1. The number of nitrogens with zero attached hydrogens (tertiary/aromatic N) is 3. The van der Waals surface area contributed by atoms with Crippen LogP contribution in [0.1, 0.15) is 46.9 Å². The Morgan fingerprint density at radius 1 is 0.914 bits per heavy atom. The lowest BCUT2D eigenvalue weighted by Crippen LogP contribution is -2.14. The average molecular weight is 461 g/mol. The van der Waals surface area contributed by atoms with Gasteiger partial charge in [-0.25, -0.2) is 9.67 Å². The summed E-state index contributed by atoms with van der Waals surface area (Å²) in [7, 11) is 0. The van der Waals surface area contributed by atoms with Crippen LogP contribution in [-0.4, -0.2) is 20.7 Å². The Balaban J connectivity index is 1.57. The highest BCUT2D eigenvalue weighted by atomic mass is 16.1. The maximum atomic E-state index is 13.4. The Hall–Kier alpha value is -4.25. The summed E-state index contributed by atoms with van der Waals surface area (Å²) in [6, 6.07) is 25.9. The molecule has 0 aliphatic rings. The second-order valence-corrected chi connectivity index (χ2v) is 9.14. The molecule has 1 amide bonds. The molecule has 5 heteroatoms. The van der Waals surface area contributed by atoms with Crippen LogP contribution in [0.3, 0.4) is 0 Å². The fourth-order valence-corrected chi connectivity index (χ4v) is 4.33. The Bertz CT molecular complexity index is 1530. The van der Waals surface area contributed by atoms with E-state index < -0.39 is 0 Å². The normalized spacial score (nSPS) is 11.2. The smallest absolute Gasteiger partial charge is 0.256 e. The molecular formula is C30H28N4O. The van der Waals surface area contributed by atoms with Gasteiger partial charge in [0.1, 0.15) is 0 Å². The lowest BCUT2D eigenvalue weighted by molar-refractivity contribution is 0.102. The summed E-state index contributed by atoms with van der Waals surface area (Å²) in [6.45, 7) is 8.38. The molecule has 3 aromatic carbocycles. The molecule has 0 saturated carbocycles. The number of rotatable bonds is 5. The van der Waals surface area contributed by atoms with Crippen LogP contribution >= 0.6 is 0 Å². The molecule has 0 aliphatic carbocycles. The van der Waals surface area contributed by atoms with E-state index in [1.165, 1.54) is 5.56 Å². The van der Waals surface area contributed by atoms with E-state index in [4.69, 9.17) is 4.98 Å². The number of benzene rings is 3. The molecule has 1 N–H and O–H groups in total. The number of para-hydroxylation sites is 2. The van der Waals surface area contributed by atoms with Crippen LogP contribution in [0.4, 0.5) is 5.69 Å². The molecule has 0 aliphatic heterocycles. The fraction of sp³-hybridized carbons (Fsp3) is 0.167. The van der Waals surface area contributed by atoms with Crippen LogP contribution in [0.2, 0.25) is 0 Å². The third-order valence-corrected chi connectivity index (χ3v) is 6.44. The van der Waals surface area contributed by atoms with Crippen molar-refractivity contribution in [1.82, 2.24) is 14.8 Å². The molecule has 35 heavy (non-hydrogen) atoms. The molecule has 174 valence electrons. The highest BCUT2D eigenvalue weighted by molar-refractivity contribution is 6.13. The third kappa shape index (κ3) is 4.33. The number of fused-ring (bicyclic) bond motifs is 1. The van der Waals surface area contributed by atoms with E-state index in [2.05, 4.69) is 48.5 Å². The van der Waals surface area contributed by atoms with Gasteiger partial charge in [0.2, 0.25) is 0 Å². The van der Waals surface area contributed by atoms with Crippen LogP contribution in [-0.2, 0) is 0 Å². The van der Waals surface area contributed by atoms with Gasteiger partial charge in [-0.2, -0.15) is 5.10 Å². The minimum Gasteiger partial charge on any atom is -0.322 e. The van der Waals surface area contributed by atoms with Crippen LogP contribution < -0.4 is 5.32 Å². The molecular weight excluding hydrogens is 432 g/mol. The zero-order chi connectivity index (χ0) is 24.5. The van der Waals surface area contributed by atoms with Crippen molar-refractivity contribution in [3.8, 4) is 16.9 Å². The maximum Gasteiger partial charge on any atom is 0.256 e. The number of aryl methyl sites for hydroxylation is 1. The largest absolute Gasteiger partial charge is 0.322 e. The number of carbonyl (C=O) groups is 1. The topological polar surface area (TPSA) is 59.8 Å². The predicted octanol–water partition coefficient (Wildman–Crippen LogP) is 7.08. The van der Waals surface area contributed by atoms with Crippen LogP contribution in [0.25, 0.3) is 27.8 Å². The van der Waals surface area contributed by atoms with Gasteiger partial charge in [0.15, 0.2) is 0 Å². The van der Waals surface area contributed by atoms with E-state index in [1.54, 1.807) is 0 Å².